The third-order valence-electron chi connectivity index (χ3n) is 3.55. The lowest BCUT2D eigenvalue weighted by molar-refractivity contribution is -0.384. The smallest absolute Gasteiger partial charge is 0.296 e. The first-order chi connectivity index (χ1) is 9.70. The number of nitrogens with one attached hydrogen (secondary N) is 1. The minimum atomic E-state index is -0.384. The molecule has 0 aromatic heterocycles. The number of hydrogen-bond donors (Lipinski definition) is 1. The van der Waals surface area contributed by atoms with Gasteiger partial charge in [0.05, 0.1) is 18.1 Å². The van der Waals surface area contributed by atoms with Gasteiger partial charge in [-0.25, -0.2) is 0 Å². The zero-order chi connectivity index (χ0) is 14.4. The minimum Gasteiger partial charge on any atom is -0.496 e. The first-order valence-electron chi connectivity index (χ1n) is 6.95. The van der Waals surface area contributed by atoms with Crippen molar-refractivity contribution < 1.29 is 9.66 Å². The van der Waals surface area contributed by atoms with Gasteiger partial charge in [0, 0.05) is 6.54 Å². The molecule has 1 aliphatic rings. The maximum atomic E-state index is 11.1. The van der Waals surface area contributed by atoms with Crippen molar-refractivity contribution in [3.8, 4) is 5.75 Å². The van der Waals surface area contributed by atoms with Crippen LogP contribution in [0, 0.1) is 10.1 Å². The van der Waals surface area contributed by atoms with Crippen LogP contribution in [0.4, 0.5) is 11.4 Å². The quantitative estimate of drug-likeness (QED) is 0.486. The van der Waals surface area contributed by atoms with Crippen molar-refractivity contribution in [3.05, 3.63) is 40.0 Å². The molecule has 1 N–H and O–H groups in total. The summed E-state index contributed by atoms with van der Waals surface area (Å²) in [5, 5.41) is 14.2. The zero-order valence-corrected chi connectivity index (χ0v) is 11.7. The van der Waals surface area contributed by atoms with Crippen LogP contribution in [0.15, 0.2) is 29.8 Å². The molecule has 0 amide bonds. The lowest BCUT2D eigenvalue weighted by Gasteiger charge is -2.13. The van der Waals surface area contributed by atoms with E-state index in [0.29, 0.717) is 11.4 Å². The van der Waals surface area contributed by atoms with Crippen LogP contribution < -0.4 is 10.1 Å². The molecule has 108 valence electrons. The number of allylic oxidation sites excluding steroid dienone is 1. The molecule has 0 atom stereocenters. The number of methoxy groups -OCH3 is 1. The number of ether oxygens (including phenoxy) is 1. The van der Waals surface area contributed by atoms with Crippen molar-refractivity contribution in [1.29, 1.82) is 0 Å². The van der Waals surface area contributed by atoms with Gasteiger partial charge < -0.3 is 10.1 Å². The molecule has 0 saturated heterocycles. The first kappa shape index (κ1) is 14.4. The fourth-order valence-corrected chi connectivity index (χ4v) is 2.43. The Balaban J connectivity index is 1.98. The van der Waals surface area contributed by atoms with E-state index in [1.165, 1.54) is 31.6 Å². The largest absolute Gasteiger partial charge is 0.496 e. The number of nitrogens with zero attached hydrogens (tertiary/aromatic N) is 1. The fourth-order valence-electron chi connectivity index (χ4n) is 2.43. The number of anilines is 1. The Morgan fingerprint density at radius 1 is 1.40 bits per heavy atom. The molecule has 5 heteroatoms. The van der Waals surface area contributed by atoms with E-state index >= 15 is 0 Å². The monoisotopic (exact) mass is 276 g/mol. The van der Waals surface area contributed by atoms with Crippen molar-refractivity contribution in [2.75, 3.05) is 19.0 Å². The van der Waals surface area contributed by atoms with Crippen molar-refractivity contribution >= 4 is 11.4 Å². The minimum absolute atomic E-state index is 0.0574. The topological polar surface area (TPSA) is 64.4 Å². The van der Waals surface area contributed by atoms with Gasteiger partial charge in [0.1, 0.15) is 11.4 Å². The summed E-state index contributed by atoms with van der Waals surface area (Å²) in [7, 11) is 1.50. The lowest BCUT2D eigenvalue weighted by atomic mass is 9.97. The molecule has 5 nitrogen and oxygen atoms in total. The van der Waals surface area contributed by atoms with Gasteiger partial charge >= 0.3 is 0 Å². The van der Waals surface area contributed by atoms with E-state index in [9.17, 15) is 10.1 Å². The summed E-state index contributed by atoms with van der Waals surface area (Å²) in [6.45, 7) is 0.721. The standard InChI is InChI=1S/C15H20N2O3/c1-20-13-7-8-14(15(11-13)17(18)19)16-10-9-12-5-3-2-4-6-12/h5,7-8,11,16H,2-4,6,9-10H2,1H3. The summed E-state index contributed by atoms with van der Waals surface area (Å²) in [5.41, 5.74) is 2.06. The number of rotatable bonds is 6. The third kappa shape index (κ3) is 3.73. The van der Waals surface area contributed by atoms with Gasteiger partial charge in [-0.1, -0.05) is 11.6 Å². The number of hydrogen-bond acceptors (Lipinski definition) is 4. The molecule has 1 aromatic rings. The molecule has 0 bridgehead atoms. The van der Waals surface area contributed by atoms with Crippen molar-refractivity contribution in [2.24, 2.45) is 0 Å². The van der Waals surface area contributed by atoms with E-state index < -0.39 is 0 Å². The summed E-state index contributed by atoms with van der Waals surface area (Å²) in [5.74, 6) is 0.497. The van der Waals surface area contributed by atoms with Gasteiger partial charge in [0.25, 0.3) is 5.69 Å². The highest BCUT2D eigenvalue weighted by Gasteiger charge is 2.14. The number of benzene rings is 1. The van der Waals surface area contributed by atoms with Gasteiger partial charge in [-0.15, -0.1) is 0 Å². The molecule has 20 heavy (non-hydrogen) atoms. The van der Waals surface area contributed by atoms with Gasteiger partial charge in [0.2, 0.25) is 0 Å². The molecule has 2 rings (SSSR count). The van der Waals surface area contributed by atoms with E-state index in [2.05, 4.69) is 11.4 Å². The Morgan fingerprint density at radius 2 is 2.25 bits per heavy atom. The van der Waals surface area contributed by atoms with Gasteiger partial charge in [-0.3, -0.25) is 10.1 Å². The highest BCUT2D eigenvalue weighted by atomic mass is 16.6. The normalized spacial score (nSPS) is 14.6. The fraction of sp³-hybridized carbons (Fsp3) is 0.467. The van der Waals surface area contributed by atoms with Crippen LogP contribution in [0.2, 0.25) is 0 Å². The van der Waals surface area contributed by atoms with E-state index in [0.717, 1.165) is 25.8 Å². The number of nitro benzene ring substituents is 1. The van der Waals surface area contributed by atoms with Crippen LogP contribution >= 0.6 is 0 Å². The predicted octanol–water partition coefficient (Wildman–Crippen LogP) is 3.91. The van der Waals surface area contributed by atoms with Crippen molar-refractivity contribution in [2.45, 2.75) is 32.1 Å². The average Bonchev–Trinajstić information content (AvgIpc) is 2.48. The molecule has 1 aliphatic carbocycles. The molecule has 0 unspecified atom stereocenters. The maximum absolute atomic E-state index is 11.1. The molecule has 0 saturated carbocycles. The highest BCUT2D eigenvalue weighted by Crippen LogP contribution is 2.29. The van der Waals surface area contributed by atoms with Crippen LogP contribution in [0.1, 0.15) is 32.1 Å². The summed E-state index contributed by atoms with van der Waals surface area (Å²) in [4.78, 5) is 10.7. The predicted molar refractivity (Wildman–Crippen MR) is 79.3 cm³/mol. The number of nitro groups is 1. The first-order valence-corrected chi connectivity index (χ1v) is 6.95. The molecular formula is C15H20N2O3. The van der Waals surface area contributed by atoms with E-state index in [-0.39, 0.29) is 10.6 Å². The Labute approximate surface area is 118 Å². The molecule has 0 spiro atoms. The second-order valence-corrected chi connectivity index (χ2v) is 4.93. The Kier molecular flexibility index (Phi) is 4.98. The summed E-state index contributed by atoms with van der Waals surface area (Å²) < 4.78 is 5.02. The van der Waals surface area contributed by atoms with E-state index in [1.807, 2.05) is 0 Å². The van der Waals surface area contributed by atoms with Gasteiger partial charge in [-0.2, -0.15) is 0 Å². The van der Waals surface area contributed by atoms with Crippen molar-refractivity contribution in [1.82, 2.24) is 0 Å². The van der Waals surface area contributed by atoms with E-state index in [4.69, 9.17) is 4.74 Å². The molecule has 1 aromatic carbocycles. The van der Waals surface area contributed by atoms with Crippen molar-refractivity contribution in [3.63, 3.8) is 0 Å². The molecule has 0 radical (unpaired) electrons. The molecular weight excluding hydrogens is 256 g/mol. The Bertz CT molecular complexity index is 512. The van der Waals surface area contributed by atoms with Crippen LogP contribution in [0.3, 0.4) is 0 Å². The average molecular weight is 276 g/mol. The zero-order valence-electron chi connectivity index (χ0n) is 11.7. The molecule has 0 aliphatic heterocycles. The lowest BCUT2D eigenvalue weighted by Crippen LogP contribution is -2.06. The molecule has 0 fully saturated rings. The Morgan fingerprint density at radius 3 is 2.90 bits per heavy atom. The van der Waals surface area contributed by atoms with E-state index in [1.54, 1.807) is 12.1 Å². The summed E-state index contributed by atoms with van der Waals surface area (Å²) >= 11 is 0. The SMILES string of the molecule is COc1ccc(NCCC2=CCCCC2)c([N+](=O)[O-])c1. The second-order valence-electron chi connectivity index (χ2n) is 4.93. The second kappa shape index (κ2) is 6.93. The summed E-state index contributed by atoms with van der Waals surface area (Å²) in [6, 6.07) is 4.88. The van der Waals surface area contributed by atoms with Crippen LogP contribution in [0.25, 0.3) is 0 Å². The van der Waals surface area contributed by atoms with Gasteiger partial charge in [0.15, 0.2) is 0 Å². The van der Waals surface area contributed by atoms with Gasteiger partial charge in [-0.05, 0) is 44.2 Å². The maximum Gasteiger partial charge on any atom is 0.296 e. The Hall–Kier alpha value is -2.04. The summed E-state index contributed by atoms with van der Waals surface area (Å²) in [6.07, 6.45) is 8.11. The van der Waals surface area contributed by atoms with Crippen LogP contribution in [0.5, 0.6) is 5.75 Å². The van der Waals surface area contributed by atoms with Crippen LogP contribution in [-0.2, 0) is 0 Å². The third-order valence-corrected chi connectivity index (χ3v) is 3.55. The molecule has 0 heterocycles. The highest BCUT2D eigenvalue weighted by molar-refractivity contribution is 5.63. The van der Waals surface area contributed by atoms with Crippen LogP contribution in [-0.4, -0.2) is 18.6 Å².